The van der Waals surface area contributed by atoms with Gasteiger partial charge in [-0.2, -0.15) is 4.98 Å². The van der Waals surface area contributed by atoms with Gasteiger partial charge in [-0.05, 0) is 25.0 Å². The molecule has 0 amide bonds. The third kappa shape index (κ3) is 4.30. The van der Waals surface area contributed by atoms with E-state index in [4.69, 9.17) is 14.4 Å². The van der Waals surface area contributed by atoms with Gasteiger partial charge in [0.2, 0.25) is 11.7 Å². The summed E-state index contributed by atoms with van der Waals surface area (Å²) in [6.07, 6.45) is 0.530. The van der Waals surface area contributed by atoms with Gasteiger partial charge in [0.05, 0.1) is 6.61 Å². The van der Waals surface area contributed by atoms with Crippen molar-refractivity contribution in [2.24, 2.45) is 5.92 Å². The topological polar surface area (TPSA) is 85.5 Å². The van der Waals surface area contributed by atoms with Crippen molar-refractivity contribution in [1.29, 1.82) is 0 Å². The zero-order valence-corrected chi connectivity index (χ0v) is 12.1. The fourth-order valence-corrected chi connectivity index (χ4v) is 2.02. The minimum atomic E-state index is -0.827. The first kappa shape index (κ1) is 15.0. The van der Waals surface area contributed by atoms with E-state index >= 15 is 0 Å². The van der Waals surface area contributed by atoms with Crippen LogP contribution < -0.4 is 4.74 Å². The minimum Gasteiger partial charge on any atom is -0.494 e. The van der Waals surface area contributed by atoms with Gasteiger partial charge in [-0.1, -0.05) is 24.2 Å². The molecule has 0 saturated carbocycles. The number of ether oxygens (including phenoxy) is 1. The second kappa shape index (κ2) is 6.88. The molecule has 6 nitrogen and oxygen atoms in total. The molecule has 0 aliphatic heterocycles. The number of hydrogen-bond donors (Lipinski definition) is 1. The number of aromatic nitrogens is 2. The molecule has 1 aromatic heterocycles. The van der Waals surface area contributed by atoms with Gasteiger partial charge in [-0.15, -0.1) is 0 Å². The summed E-state index contributed by atoms with van der Waals surface area (Å²) >= 11 is 0. The summed E-state index contributed by atoms with van der Waals surface area (Å²) in [5, 5.41) is 12.7. The quantitative estimate of drug-likeness (QED) is 0.844. The predicted molar refractivity (Wildman–Crippen MR) is 76.0 cm³/mol. The Hall–Kier alpha value is -2.37. The molecule has 2 rings (SSSR count). The molecule has 0 aliphatic carbocycles. The molecule has 0 bridgehead atoms. The fourth-order valence-electron chi connectivity index (χ4n) is 2.02. The lowest BCUT2D eigenvalue weighted by Crippen LogP contribution is -2.07. The van der Waals surface area contributed by atoms with Gasteiger partial charge in [0, 0.05) is 18.4 Å². The summed E-state index contributed by atoms with van der Waals surface area (Å²) in [6, 6.07) is 7.45. The molecule has 0 fully saturated rings. The van der Waals surface area contributed by atoms with Crippen molar-refractivity contribution in [3.05, 3.63) is 30.2 Å². The van der Waals surface area contributed by atoms with Crippen LogP contribution in [0.25, 0.3) is 11.4 Å². The lowest BCUT2D eigenvalue weighted by molar-refractivity contribution is -0.137. The van der Waals surface area contributed by atoms with Crippen LogP contribution in [0.1, 0.15) is 26.2 Å². The molecule has 1 heterocycles. The summed E-state index contributed by atoms with van der Waals surface area (Å²) < 4.78 is 10.6. The van der Waals surface area contributed by atoms with Crippen molar-refractivity contribution in [1.82, 2.24) is 10.1 Å². The monoisotopic (exact) mass is 290 g/mol. The number of hydrogen-bond acceptors (Lipinski definition) is 5. The average molecular weight is 290 g/mol. The molecule has 1 N–H and O–H groups in total. The number of carboxylic acid groups (broad SMARTS) is 1. The molecule has 112 valence electrons. The summed E-state index contributed by atoms with van der Waals surface area (Å²) in [7, 11) is 0. The van der Waals surface area contributed by atoms with Crippen molar-refractivity contribution >= 4 is 5.97 Å². The van der Waals surface area contributed by atoms with E-state index in [2.05, 4.69) is 10.1 Å². The lowest BCUT2D eigenvalue weighted by Gasteiger charge is -2.03. The predicted octanol–water partition coefficient (Wildman–Crippen LogP) is 2.79. The highest BCUT2D eigenvalue weighted by atomic mass is 16.5. The van der Waals surface area contributed by atoms with E-state index in [1.54, 1.807) is 0 Å². The molecule has 1 unspecified atom stereocenters. The van der Waals surface area contributed by atoms with E-state index in [0.29, 0.717) is 24.7 Å². The van der Waals surface area contributed by atoms with Crippen LogP contribution in [-0.2, 0) is 11.2 Å². The summed E-state index contributed by atoms with van der Waals surface area (Å²) in [6.45, 7) is 4.35. The van der Waals surface area contributed by atoms with Crippen LogP contribution in [0.4, 0.5) is 0 Å². The number of carbonyl (C=O) groups is 1. The Morgan fingerprint density at radius 2 is 2.29 bits per heavy atom. The highest BCUT2D eigenvalue weighted by Crippen LogP contribution is 2.22. The zero-order valence-electron chi connectivity index (χ0n) is 12.1. The Bertz CT molecular complexity index is 609. The van der Waals surface area contributed by atoms with Crippen LogP contribution in [0, 0.1) is 5.92 Å². The van der Waals surface area contributed by atoms with Crippen LogP contribution in [-0.4, -0.2) is 27.8 Å². The van der Waals surface area contributed by atoms with Crippen LogP contribution in [0.3, 0.4) is 0 Å². The molecule has 0 radical (unpaired) electrons. The van der Waals surface area contributed by atoms with Crippen LogP contribution in [0.5, 0.6) is 5.75 Å². The Labute approximate surface area is 122 Å². The number of benzene rings is 1. The molecule has 1 aromatic carbocycles. The van der Waals surface area contributed by atoms with Crippen molar-refractivity contribution in [2.45, 2.75) is 26.7 Å². The Morgan fingerprint density at radius 1 is 1.48 bits per heavy atom. The lowest BCUT2D eigenvalue weighted by atomic mass is 10.0. The standard InChI is InChI=1S/C15H18N2O4/c1-3-20-12-6-4-5-11(9-12)15-16-13(21-17-15)7-10(2)8-14(18)19/h4-6,9-10H,3,7-8H2,1-2H3,(H,18,19). The zero-order chi connectivity index (χ0) is 15.2. The van der Waals surface area contributed by atoms with E-state index in [9.17, 15) is 4.79 Å². The second-order valence-corrected chi connectivity index (χ2v) is 4.88. The van der Waals surface area contributed by atoms with Crippen molar-refractivity contribution in [2.75, 3.05) is 6.61 Å². The Kier molecular flexibility index (Phi) is 4.92. The average Bonchev–Trinajstić information content (AvgIpc) is 2.87. The van der Waals surface area contributed by atoms with E-state index in [-0.39, 0.29) is 12.3 Å². The highest BCUT2D eigenvalue weighted by molar-refractivity contribution is 5.67. The van der Waals surface area contributed by atoms with E-state index in [1.807, 2.05) is 38.1 Å². The normalized spacial score (nSPS) is 12.1. The van der Waals surface area contributed by atoms with E-state index in [1.165, 1.54) is 0 Å². The van der Waals surface area contributed by atoms with Gasteiger partial charge in [-0.25, -0.2) is 0 Å². The van der Waals surface area contributed by atoms with Crippen LogP contribution in [0.15, 0.2) is 28.8 Å². The van der Waals surface area contributed by atoms with Crippen molar-refractivity contribution < 1.29 is 19.2 Å². The maximum atomic E-state index is 10.6. The largest absolute Gasteiger partial charge is 0.494 e. The van der Waals surface area contributed by atoms with Gasteiger partial charge in [0.1, 0.15) is 5.75 Å². The van der Waals surface area contributed by atoms with Crippen molar-refractivity contribution in [3.8, 4) is 17.1 Å². The minimum absolute atomic E-state index is 0.0504. The van der Waals surface area contributed by atoms with Crippen molar-refractivity contribution in [3.63, 3.8) is 0 Å². The van der Waals surface area contributed by atoms with E-state index in [0.717, 1.165) is 11.3 Å². The molecule has 1 atom stereocenters. The molecular formula is C15H18N2O4. The Morgan fingerprint density at radius 3 is 3.00 bits per heavy atom. The number of carboxylic acids is 1. The highest BCUT2D eigenvalue weighted by Gasteiger charge is 2.14. The summed E-state index contributed by atoms with van der Waals surface area (Å²) in [4.78, 5) is 14.9. The first-order valence-corrected chi connectivity index (χ1v) is 6.86. The SMILES string of the molecule is CCOc1cccc(-c2noc(CC(C)CC(=O)O)n2)c1. The van der Waals surface area contributed by atoms with Gasteiger partial charge in [0.15, 0.2) is 0 Å². The maximum Gasteiger partial charge on any atom is 0.303 e. The van der Waals surface area contributed by atoms with Gasteiger partial charge >= 0.3 is 5.97 Å². The first-order valence-electron chi connectivity index (χ1n) is 6.86. The summed E-state index contributed by atoms with van der Waals surface area (Å²) in [5.41, 5.74) is 0.807. The number of nitrogens with zero attached hydrogens (tertiary/aromatic N) is 2. The smallest absolute Gasteiger partial charge is 0.303 e. The van der Waals surface area contributed by atoms with Gasteiger partial charge in [0.25, 0.3) is 0 Å². The third-order valence-corrected chi connectivity index (χ3v) is 2.92. The summed E-state index contributed by atoms with van der Waals surface area (Å²) in [5.74, 6) is 0.799. The van der Waals surface area contributed by atoms with Gasteiger partial charge < -0.3 is 14.4 Å². The first-order chi connectivity index (χ1) is 10.1. The Balaban J connectivity index is 2.08. The van der Waals surface area contributed by atoms with Crippen LogP contribution in [0.2, 0.25) is 0 Å². The van der Waals surface area contributed by atoms with Crippen LogP contribution >= 0.6 is 0 Å². The number of rotatable bonds is 7. The molecule has 21 heavy (non-hydrogen) atoms. The molecular weight excluding hydrogens is 272 g/mol. The number of aliphatic carboxylic acids is 1. The molecule has 0 saturated heterocycles. The molecule has 0 aliphatic rings. The second-order valence-electron chi connectivity index (χ2n) is 4.88. The van der Waals surface area contributed by atoms with E-state index < -0.39 is 5.97 Å². The fraction of sp³-hybridized carbons (Fsp3) is 0.400. The van der Waals surface area contributed by atoms with Gasteiger partial charge in [-0.3, -0.25) is 4.79 Å². The maximum absolute atomic E-state index is 10.6. The third-order valence-electron chi connectivity index (χ3n) is 2.92. The molecule has 0 spiro atoms. The molecule has 2 aromatic rings. The molecule has 6 heteroatoms.